The first-order valence-corrected chi connectivity index (χ1v) is 6.64. The number of carbonyl (C=O) groups is 3. The fraction of sp³-hybridized carbons (Fsp3) is 0.200. The van der Waals surface area contributed by atoms with Gasteiger partial charge < -0.3 is 16.2 Å². The molecule has 0 aliphatic rings. The van der Waals surface area contributed by atoms with Crippen LogP contribution < -0.4 is 11.1 Å². The number of pyridine rings is 1. The average molecular weight is 301 g/mol. The lowest BCUT2D eigenvalue weighted by atomic mass is 10.1. The Kier molecular flexibility index (Phi) is 4.67. The fourth-order valence-electron chi connectivity index (χ4n) is 1.99. The van der Waals surface area contributed by atoms with E-state index in [2.05, 4.69) is 10.3 Å². The van der Waals surface area contributed by atoms with Gasteiger partial charge in [-0.05, 0) is 18.6 Å². The molecule has 0 aliphatic carbocycles. The molecule has 1 atom stereocenters. The number of aromatic nitrogens is 1. The predicted molar refractivity (Wildman–Crippen MR) is 79.1 cm³/mol. The van der Waals surface area contributed by atoms with Crippen molar-refractivity contribution in [3.05, 3.63) is 42.1 Å². The van der Waals surface area contributed by atoms with Gasteiger partial charge in [-0.3, -0.25) is 19.4 Å². The highest BCUT2D eigenvalue weighted by Gasteiger charge is 2.20. The third-order valence-corrected chi connectivity index (χ3v) is 3.15. The topological polar surface area (TPSA) is 122 Å². The first-order chi connectivity index (χ1) is 10.5. The summed E-state index contributed by atoms with van der Waals surface area (Å²) in [4.78, 5) is 38.1. The molecule has 114 valence electrons. The van der Waals surface area contributed by atoms with Gasteiger partial charge in [0, 0.05) is 18.0 Å². The molecular weight excluding hydrogens is 286 g/mol. The summed E-state index contributed by atoms with van der Waals surface area (Å²) >= 11 is 0. The predicted octanol–water partition coefficient (Wildman–Crippen LogP) is 0.683. The third-order valence-electron chi connectivity index (χ3n) is 3.15. The van der Waals surface area contributed by atoms with Crippen molar-refractivity contribution < 1.29 is 19.5 Å². The van der Waals surface area contributed by atoms with E-state index in [1.165, 1.54) is 6.20 Å². The van der Waals surface area contributed by atoms with Crippen molar-refractivity contribution >= 4 is 28.7 Å². The molecule has 0 saturated heterocycles. The van der Waals surface area contributed by atoms with Gasteiger partial charge in [-0.15, -0.1) is 0 Å². The van der Waals surface area contributed by atoms with Gasteiger partial charge in [-0.1, -0.05) is 18.2 Å². The SMILES string of the molecule is NC(=O)[C@@H](CCC(=O)O)NC(=O)c1cnc2ccccc2c1. The number of primary amides is 1. The maximum Gasteiger partial charge on any atom is 0.303 e. The van der Waals surface area contributed by atoms with Crippen LogP contribution in [0.2, 0.25) is 0 Å². The molecule has 7 nitrogen and oxygen atoms in total. The minimum absolute atomic E-state index is 0.0581. The molecule has 0 spiro atoms. The second kappa shape index (κ2) is 6.66. The van der Waals surface area contributed by atoms with E-state index in [0.717, 1.165) is 10.9 Å². The highest BCUT2D eigenvalue weighted by Crippen LogP contribution is 2.13. The van der Waals surface area contributed by atoms with Gasteiger partial charge in [0.25, 0.3) is 5.91 Å². The van der Waals surface area contributed by atoms with E-state index in [1.807, 2.05) is 24.3 Å². The van der Waals surface area contributed by atoms with E-state index in [1.54, 1.807) is 6.07 Å². The van der Waals surface area contributed by atoms with Crippen LogP contribution in [0.3, 0.4) is 0 Å². The first kappa shape index (κ1) is 15.4. The Morgan fingerprint density at radius 3 is 2.68 bits per heavy atom. The van der Waals surface area contributed by atoms with Crippen LogP contribution >= 0.6 is 0 Å². The number of fused-ring (bicyclic) bond motifs is 1. The number of carboxylic acids is 1. The number of rotatable bonds is 6. The summed E-state index contributed by atoms with van der Waals surface area (Å²) in [5, 5.41) is 11.9. The Morgan fingerprint density at radius 2 is 2.00 bits per heavy atom. The van der Waals surface area contributed by atoms with Crippen molar-refractivity contribution in [1.82, 2.24) is 10.3 Å². The zero-order valence-corrected chi connectivity index (χ0v) is 11.7. The number of carbonyl (C=O) groups excluding carboxylic acids is 2. The summed E-state index contributed by atoms with van der Waals surface area (Å²) in [6.07, 6.45) is 1.08. The monoisotopic (exact) mass is 301 g/mol. The molecule has 2 rings (SSSR count). The zero-order chi connectivity index (χ0) is 16.1. The Morgan fingerprint density at radius 1 is 1.27 bits per heavy atom. The van der Waals surface area contributed by atoms with Crippen LogP contribution in [0.25, 0.3) is 10.9 Å². The maximum absolute atomic E-state index is 12.1. The maximum atomic E-state index is 12.1. The van der Waals surface area contributed by atoms with Crippen molar-refractivity contribution in [3.8, 4) is 0 Å². The number of hydrogen-bond acceptors (Lipinski definition) is 4. The van der Waals surface area contributed by atoms with Crippen molar-refractivity contribution in [2.24, 2.45) is 5.73 Å². The highest BCUT2D eigenvalue weighted by molar-refractivity contribution is 5.99. The lowest BCUT2D eigenvalue weighted by Crippen LogP contribution is -2.44. The van der Waals surface area contributed by atoms with E-state index >= 15 is 0 Å². The van der Waals surface area contributed by atoms with Crippen LogP contribution in [0.15, 0.2) is 36.5 Å². The fourth-order valence-corrected chi connectivity index (χ4v) is 1.99. The summed E-state index contributed by atoms with van der Waals surface area (Å²) in [6.45, 7) is 0. The number of nitrogens with two attached hydrogens (primary N) is 1. The van der Waals surface area contributed by atoms with Crippen molar-refractivity contribution in [3.63, 3.8) is 0 Å². The molecule has 0 bridgehead atoms. The molecule has 1 aromatic heterocycles. The smallest absolute Gasteiger partial charge is 0.303 e. The van der Waals surface area contributed by atoms with Gasteiger partial charge in [-0.25, -0.2) is 0 Å². The highest BCUT2D eigenvalue weighted by atomic mass is 16.4. The molecule has 2 aromatic rings. The van der Waals surface area contributed by atoms with Crippen LogP contribution in [0, 0.1) is 0 Å². The van der Waals surface area contributed by atoms with Gasteiger partial charge in [0.05, 0.1) is 11.1 Å². The third kappa shape index (κ3) is 3.78. The molecule has 22 heavy (non-hydrogen) atoms. The summed E-state index contributed by atoms with van der Waals surface area (Å²) in [5.74, 6) is -2.36. The molecule has 1 heterocycles. The van der Waals surface area contributed by atoms with E-state index in [9.17, 15) is 14.4 Å². The molecule has 2 amide bonds. The van der Waals surface area contributed by atoms with Crippen LogP contribution in [-0.2, 0) is 9.59 Å². The molecule has 0 aliphatic heterocycles. The second-order valence-electron chi connectivity index (χ2n) is 4.78. The summed E-state index contributed by atoms with van der Waals surface area (Å²) < 4.78 is 0. The van der Waals surface area contributed by atoms with Crippen molar-refractivity contribution in [1.29, 1.82) is 0 Å². The van der Waals surface area contributed by atoms with Crippen LogP contribution in [0.1, 0.15) is 23.2 Å². The van der Waals surface area contributed by atoms with E-state index < -0.39 is 23.8 Å². The van der Waals surface area contributed by atoms with E-state index in [4.69, 9.17) is 10.8 Å². The summed E-state index contributed by atoms with van der Waals surface area (Å²) in [7, 11) is 0. The van der Waals surface area contributed by atoms with Gasteiger partial charge in [0.2, 0.25) is 5.91 Å². The minimum atomic E-state index is -1.06. The molecule has 0 radical (unpaired) electrons. The number of benzene rings is 1. The number of hydrogen-bond donors (Lipinski definition) is 3. The molecule has 0 saturated carbocycles. The number of para-hydroxylation sites is 1. The number of nitrogens with one attached hydrogen (secondary N) is 1. The van der Waals surface area contributed by atoms with Gasteiger partial charge in [0.15, 0.2) is 0 Å². The molecule has 0 fully saturated rings. The van der Waals surface area contributed by atoms with Crippen LogP contribution in [0.5, 0.6) is 0 Å². The minimum Gasteiger partial charge on any atom is -0.481 e. The van der Waals surface area contributed by atoms with Gasteiger partial charge in [-0.2, -0.15) is 0 Å². The number of nitrogens with zero attached hydrogens (tertiary/aromatic N) is 1. The Balaban J connectivity index is 2.14. The zero-order valence-electron chi connectivity index (χ0n) is 11.7. The molecule has 0 unspecified atom stereocenters. The van der Waals surface area contributed by atoms with Crippen LogP contribution in [0.4, 0.5) is 0 Å². The number of carboxylic acid groups (broad SMARTS) is 1. The quantitative estimate of drug-likeness (QED) is 0.724. The summed E-state index contributed by atoms with van der Waals surface area (Å²) in [5.41, 5.74) is 6.20. The van der Waals surface area contributed by atoms with Gasteiger partial charge in [0.1, 0.15) is 6.04 Å². The van der Waals surface area contributed by atoms with E-state index in [-0.39, 0.29) is 18.4 Å². The molecule has 1 aromatic carbocycles. The lowest BCUT2D eigenvalue weighted by molar-refractivity contribution is -0.137. The van der Waals surface area contributed by atoms with Crippen molar-refractivity contribution in [2.75, 3.05) is 0 Å². The normalized spacial score (nSPS) is 11.8. The standard InChI is InChI=1S/C15H15N3O4/c16-14(21)12(5-6-13(19)20)18-15(22)10-7-9-3-1-2-4-11(9)17-8-10/h1-4,7-8,12H,5-6H2,(H2,16,21)(H,18,22)(H,19,20)/t12-/m1/s1. The van der Waals surface area contributed by atoms with E-state index in [0.29, 0.717) is 0 Å². The molecule has 4 N–H and O–H groups in total. The lowest BCUT2D eigenvalue weighted by Gasteiger charge is -2.14. The first-order valence-electron chi connectivity index (χ1n) is 6.64. The second-order valence-corrected chi connectivity index (χ2v) is 4.78. The Labute approximate surface area is 126 Å². The van der Waals surface area contributed by atoms with Crippen LogP contribution in [-0.4, -0.2) is 33.9 Å². The summed E-state index contributed by atoms with van der Waals surface area (Å²) in [6, 6.07) is 7.91. The van der Waals surface area contributed by atoms with Crippen molar-refractivity contribution in [2.45, 2.75) is 18.9 Å². The number of aliphatic carboxylic acids is 1. The average Bonchev–Trinajstić information content (AvgIpc) is 2.50. The number of amides is 2. The molecular formula is C15H15N3O4. The molecule has 7 heteroatoms. The largest absolute Gasteiger partial charge is 0.481 e. The Hall–Kier alpha value is -2.96. The van der Waals surface area contributed by atoms with Gasteiger partial charge >= 0.3 is 5.97 Å². The Bertz CT molecular complexity index is 730.